The quantitative estimate of drug-likeness (QED) is 0.409. The van der Waals surface area contributed by atoms with Crippen molar-refractivity contribution in [3.8, 4) is 23.5 Å². The zero-order valence-corrected chi connectivity index (χ0v) is 18.0. The fraction of sp³-hybridized carbons (Fsp3) is 0.174. The lowest BCUT2D eigenvalue weighted by molar-refractivity contribution is 0.463. The topological polar surface area (TPSA) is 72.0 Å². The van der Waals surface area contributed by atoms with Gasteiger partial charge in [-0.05, 0) is 49.7 Å². The predicted octanol–water partition coefficient (Wildman–Crippen LogP) is 5.38. The zero-order valence-electron chi connectivity index (χ0n) is 16.4. The van der Waals surface area contributed by atoms with E-state index in [-0.39, 0.29) is 6.04 Å². The third-order valence-electron chi connectivity index (χ3n) is 4.79. The van der Waals surface area contributed by atoms with Crippen LogP contribution in [0.1, 0.15) is 17.7 Å². The highest BCUT2D eigenvalue weighted by atomic mass is 35.5. The maximum Gasteiger partial charge on any atom is 0.219 e. The molecule has 0 saturated carbocycles. The lowest BCUT2D eigenvalue weighted by Crippen LogP contribution is -2.18. The summed E-state index contributed by atoms with van der Waals surface area (Å²) in [7, 11) is 0. The number of rotatable bonds is 4. The van der Waals surface area contributed by atoms with E-state index in [4.69, 9.17) is 16.3 Å². The Morgan fingerprint density at radius 3 is 2.94 bits per heavy atom. The summed E-state index contributed by atoms with van der Waals surface area (Å²) in [6, 6.07) is 13.2. The Morgan fingerprint density at radius 1 is 1.16 bits per heavy atom. The smallest absolute Gasteiger partial charge is 0.219 e. The van der Waals surface area contributed by atoms with Gasteiger partial charge in [0.25, 0.3) is 0 Å². The number of benzene rings is 1. The second kappa shape index (κ2) is 8.90. The van der Waals surface area contributed by atoms with Gasteiger partial charge in [-0.15, -0.1) is 11.3 Å². The van der Waals surface area contributed by atoms with Crippen LogP contribution in [0.15, 0.2) is 55.0 Å². The maximum atomic E-state index is 6.42. The fourth-order valence-electron chi connectivity index (χ4n) is 3.29. The summed E-state index contributed by atoms with van der Waals surface area (Å²) < 4.78 is 6.70. The SMILES string of the molecule is Clc1cc(Nc2ncnc3cc(C#C[C@@H]4CCCN4)sc23)ccc1Oc1ccccn1. The van der Waals surface area contributed by atoms with Crippen molar-refractivity contribution in [3.63, 3.8) is 0 Å². The highest BCUT2D eigenvalue weighted by molar-refractivity contribution is 7.20. The average molecular weight is 448 g/mol. The van der Waals surface area contributed by atoms with Crippen LogP contribution in [0, 0.1) is 11.8 Å². The number of anilines is 2. The number of aromatic nitrogens is 3. The minimum Gasteiger partial charge on any atom is -0.437 e. The van der Waals surface area contributed by atoms with Gasteiger partial charge in [0.15, 0.2) is 5.82 Å². The number of thiophene rings is 1. The predicted molar refractivity (Wildman–Crippen MR) is 124 cm³/mol. The summed E-state index contributed by atoms with van der Waals surface area (Å²) in [5, 5.41) is 7.20. The van der Waals surface area contributed by atoms with Crippen LogP contribution in [-0.4, -0.2) is 27.5 Å². The van der Waals surface area contributed by atoms with Gasteiger partial charge in [-0.25, -0.2) is 15.0 Å². The van der Waals surface area contributed by atoms with Gasteiger partial charge in [0.1, 0.15) is 12.1 Å². The molecule has 1 aliphatic rings. The highest BCUT2D eigenvalue weighted by Crippen LogP contribution is 2.34. The van der Waals surface area contributed by atoms with E-state index in [1.165, 1.54) is 6.42 Å². The molecule has 3 aromatic heterocycles. The van der Waals surface area contributed by atoms with Crippen molar-refractivity contribution >= 4 is 44.7 Å². The van der Waals surface area contributed by atoms with E-state index < -0.39 is 0 Å². The number of fused-ring (bicyclic) bond motifs is 1. The number of halogens is 1. The van der Waals surface area contributed by atoms with Crippen molar-refractivity contribution in [1.82, 2.24) is 20.3 Å². The number of nitrogens with one attached hydrogen (secondary N) is 2. The van der Waals surface area contributed by atoms with E-state index in [0.29, 0.717) is 16.7 Å². The lowest BCUT2D eigenvalue weighted by atomic mass is 10.2. The van der Waals surface area contributed by atoms with Crippen LogP contribution in [-0.2, 0) is 0 Å². The molecule has 5 rings (SSSR count). The minimum atomic E-state index is 0.280. The van der Waals surface area contributed by atoms with Crippen LogP contribution >= 0.6 is 22.9 Å². The van der Waals surface area contributed by atoms with Gasteiger partial charge in [-0.1, -0.05) is 29.5 Å². The highest BCUT2D eigenvalue weighted by Gasteiger charge is 2.12. The summed E-state index contributed by atoms with van der Waals surface area (Å²) in [6.07, 6.45) is 5.50. The van der Waals surface area contributed by atoms with Crippen molar-refractivity contribution in [1.29, 1.82) is 0 Å². The normalized spacial score (nSPS) is 15.5. The van der Waals surface area contributed by atoms with Crippen LogP contribution in [0.3, 0.4) is 0 Å². The van der Waals surface area contributed by atoms with Crippen LogP contribution in [0.4, 0.5) is 11.5 Å². The molecule has 4 heterocycles. The summed E-state index contributed by atoms with van der Waals surface area (Å²) in [5.74, 6) is 8.32. The van der Waals surface area contributed by atoms with Gasteiger partial charge < -0.3 is 15.4 Å². The Labute approximate surface area is 188 Å². The summed E-state index contributed by atoms with van der Waals surface area (Å²) in [4.78, 5) is 13.9. The second-order valence-corrected chi connectivity index (χ2v) is 8.47. The number of hydrogen-bond acceptors (Lipinski definition) is 7. The second-order valence-electron chi connectivity index (χ2n) is 7.01. The molecular formula is C23H18ClN5OS. The van der Waals surface area contributed by atoms with Crippen molar-refractivity contribution in [2.45, 2.75) is 18.9 Å². The Kier molecular flexibility index (Phi) is 5.67. The Hall–Kier alpha value is -3.18. The molecule has 0 amide bonds. The molecule has 0 aliphatic carbocycles. The van der Waals surface area contributed by atoms with Gasteiger partial charge in [-0.2, -0.15) is 0 Å². The Bertz CT molecular complexity index is 1280. The van der Waals surface area contributed by atoms with E-state index in [1.54, 1.807) is 42.1 Å². The molecule has 0 radical (unpaired) electrons. The minimum absolute atomic E-state index is 0.280. The molecular weight excluding hydrogens is 430 g/mol. The molecule has 4 aromatic rings. The summed E-state index contributed by atoms with van der Waals surface area (Å²) in [5.41, 5.74) is 1.67. The Balaban J connectivity index is 1.36. The van der Waals surface area contributed by atoms with Crippen LogP contribution in [0.2, 0.25) is 5.02 Å². The van der Waals surface area contributed by atoms with Gasteiger partial charge in [-0.3, -0.25) is 0 Å². The first-order valence-electron chi connectivity index (χ1n) is 9.89. The van der Waals surface area contributed by atoms with Gasteiger partial charge in [0.05, 0.1) is 26.2 Å². The molecule has 0 bridgehead atoms. The van der Waals surface area contributed by atoms with Gasteiger partial charge in [0.2, 0.25) is 5.88 Å². The molecule has 1 aromatic carbocycles. The molecule has 1 saturated heterocycles. The molecule has 0 unspecified atom stereocenters. The molecule has 1 atom stereocenters. The van der Waals surface area contributed by atoms with E-state index in [1.807, 2.05) is 24.3 Å². The molecule has 1 aliphatic heterocycles. The van der Waals surface area contributed by atoms with Crippen LogP contribution < -0.4 is 15.4 Å². The molecule has 154 valence electrons. The first-order chi connectivity index (χ1) is 15.2. The summed E-state index contributed by atoms with van der Waals surface area (Å²) in [6.45, 7) is 1.04. The first kappa shape index (κ1) is 19.8. The van der Waals surface area contributed by atoms with E-state index in [0.717, 1.165) is 39.6 Å². The monoisotopic (exact) mass is 447 g/mol. The van der Waals surface area contributed by atoms with E-state index in [2.05, 4.69) is 37.4 Å². The standard InChI is InChI=1S/C23H18ClN5OS/c24-18-12-16(7-9-20(18)30-21-5-1-2-10-26-21)29-23-22-19(27-14-28-23)13-17(31-22)8-6-15-4-3-11-25-15/h1-2,5,7,9-10,12-15,25H,3-4,11H2,(H,27,28,29)/t15-/m0/s1. The molecule has 31 heavy (non-hydrogen) atoms. The molecule has 0 spiro atoms. The molecule has 6 nitrogen and oxygen atoms in total. The van der Waals surface area contributed by atoms with Crippen molar-refractivity contribution < 1.29 is 4.74 Å². The molecule has 8 heteroatoms. The number of ether oxygens (including phenoxy) is 1. The van der Waals surface area contributed by atoms with Crippen molar-refractivity contribution in [2.24, 2.45) is 0 Å². The lowest BCUT2D eigenvalue weighted by Gasteiger charge is -2.10. The van der Waals surface area contributed by atoms with Crippen LogP contribution in [0.5, 0.6) is 11.6 Å². The third kappa shape index (κ3) is 4.62. The van der Waals surface area contributed by atoms with E-state index >= 15 is 0 Å². The number of nitrogens with zero attached hydrogens (tertiary/aromatic N) is 3. The van der Waals surface area contributed by atoms with Crippen molar-refractivity contribution in [2.75, 3.05) is 11.9 Å². The number of pyridine rings is 1. The Morgan fingerprint density at radius 2 is 2.13 bits per heavy atom. The largest absolute Gasteiger partial charge is 0.437 e. The summed E-state index contributed by atoms with van der Waals surface area (Å²) >= 11 is 8.00. The maximum absolute atomic E-state index is 6.42. The van der Waals surface area contributed by atoms with Gasteiger partial charge in [0, 0.05) is 18.0 Å². The van der Waals surface area contributed by atoms with Crippen LogP contribution in [0.25, 0.3) is 10.2 Å². The first-order valence-corrected chi connectivity index (χ1v) is 11.1. The average Bonchev–Trinajstić information content (AvgIpc) is 3.45. The fourth-order valence-corrected chi connectivity index (χ4v) is 4.43. The number of hydrogen-bond donors (Lipinski definition) is 2. The van der Waals surface area contributed by atoms with Gasteiger partial charge >= 0.3 is 0 Å². The molecule has 1 fully saturated rings. The van der Waals surface area contributed by atoms with E-state index in [9.17, 15) is 0 Å². The molecule has 2 N–H and O–H groups in total. The third-order valence-corrected chi connectivity index (χ3v) is 6.13. The van der Waals surface area contributed by atoms with Crippen molar-refractivity contribution in [3.05, 3.63) is 64.9 Å². The zero-order chi connectivity index (χ0) is 21.0.